The fourth-order valence-electron chi connectivity index (χ4n) is 2.77. The van der Waals surface area contributed by atoms with Crippen LogP contribution >= 0.6 is 11.3 Å². The lowest BCUT2D eigenvalue weighted by Gasteiger charge is -2.29. The summed E-state index contributed by atoms with van der Waals surface area (Å²) in [6.07, 6.45) is 4.01. The monoisotopic (exact) mass is 267 g/mol. The Morgan fingerprint density at radius 2 is 2.00 bits per heavy atom. The van der Waals surface area contributed by atoms with Gasteiger partial charge in [0.2, 0.25) is 0 Å². The maximum absolute atomic E-state index is 4.24. The molecule has 4 heteroatoms. The number of aromatic nitrogens is 2. The summed E-state index contributed by atoms with van der Waals surface area (Å²) in [7, 11) is 0. The van der Waals surface area contributed by atoms with Gasteiger partial charge in [0.15, 0.2) is 0 Å². The van der Waals surface area contributed by atoms with E-state index in [0.717, 1.165) is 17.5 Å². The molecular weight excluding hydrogens is 242 g/mol. The Hall–Kier alpha value is -0.480. The zero-order valence-electron chi connectivity index (χ0n) is 12.1. The van der Waals surface area contributed by atoms with Gasteiger partial charge in [0.25, 0.3) is 0 Å². The molecule has 0 amide bonds. The summed E-state index contributed by atoms with van der Waals surface area (Å²) >= 11 is 1.73. The van der Waals surface area contributed by atoms with E-state index in [0.29, 0.717) is 5.41 Å². The number of likely N-dealkylation sites (tertiary alicyclic amines) is 1. The molecule has 0 N–H and O–H groups in total. The standard InChI is InChI=1S/C14H25N3S/c1-11-15-16-13(18-11)10-17-8-5-6-12(7-9-17)14(2,3)4/h12H,5-10H2,1-4H3. The maximum Gasteiger partial charge on any atom is 0.131 e. The SMILES string of the molecule is Cc1nnc(CN2CCCC(C(C)(C)C)CC2)s1. The van der Waals surface area contributed by atoms with Crippen molar-refractivity contribution in [3.05, 3.63) is 10.0 Å². The lowest BCUT2D eigenvalue weighted by Crippen LogP contribution is -2.26. The second kappa shape index (κ2) is 5.66. The van der Waals surface area contributed by atoms with E-state index in [4.69, 9.17) is 0 Å². The van der Waals surface area contributed by atoms with Crippen LogP contribution in [0.15, 0.2) is 0 Å². The van der Waals surface area contributed by atoms with E-state index < -0.39 is 0 Å². The molecule has 1 aliphatic rings. The minimum Gasteiger partial charge on any atom is -0.297 e. The molecule has 1 fully saturated rings. The molecular formula is C14H25N3S. The van der Waals surface area contributed by atoms with E-state index in [1.54, 1.807) is 11.3 Å². The van der Waals surface area contributed by atoms with E-state index in [9.17, 15) is 0 Å². The molecule has 2 heterocycles. The van der Waals surface area contributed by atoms with E-state index in [1.807, 2.05) is 6.92 Å². The number of hydrogen-bond acceptors (Lipinski definition) is 4. The Balaban J connectivity index is 1.89. The lowest BCUT2D eigenvalue weighted by molar-refractivity contribution is 0.206. The second-order valence-corrected chi connectivity index (χ2v) is 7.75. The van der Waals surface area contributed by atoms with Crippen molar-refractivity contribution in [1.29, 1.82) is 0 Å². The molecule has 0 aliphatic carbocycles. The summed E-state index contributed by atoms with van der Waals surface area (Å²) in [5.41, 5.74) is 0.454. The Labute approximate surface area is 115 Å². The molecule has 1 aliphatic heterocycles. The Bertz CT molecular complexity index is 381. The van der Waals surface area contributed by atoms with Gasteiger partial charge in [-0.1, -0.05) is 20.8 Å². The predicted molar refractivity (Wildman–Crippen MR) is 76.7 cm³/mol. The molecule has 0 spiro atoms. The van der Waals surface area contributed by atoms with Crippen LogP contribution in [0, 0.1) is 18.3 Å². The van der Waals surface area contributed by atoms with Gasteiger partial charge in [0, 0.05) is 0 Å². The first-order chi connectivity index (χ1) is 8.45. The lowest BCUT2D eigenvalue weighted by atomic mass is 9.77. The normalized spacial score (nSPS) is 23.0. The van der Waals surface area contributed by atoms with Gasteiger partial charge in [0.05, 0.1) is 6.54 Å². The molecule has 1 unspecified atom stereocenters. The Morgan fingerprint density at radius 3 is 2.61 bits per heavy atom. The molecule has 18 heavy (non-hydrogen) atoms. The van der Waals surface area contributed by atoms with Gasteiger partial charge in [0.1, 0.15) is 10.0 Å². The third-order valence-corrected chi connectivity index (χ3v) is 4.80. The maximum atomic E-state index is 4.24. The number of rotatable bonds is 2. The van der Waals surface area contributed by atoms with Crippen LogP contribution < -0.4 is 0 Å². The first kappa shape index (κ1) is 13.9. The van der Waals surface area contributed by atoms with Gasteiger partial charge in [-0.25, -0.2) is 0 Å². The fourth-order valence-corrected chi connectivity index (χ4v) is 3.52. The minimum atomic E-state index is 0.454. The first-order valence-corrected chi connectivity index (χ1v) is 7.78. The van der Waals surface area contributed by atoms with Gasteiger partial charge in [-0.15, -0.1) is 21.5 Å². The van der Waals surface area contributed by atoms with Crippen molar-refractivity contribution < 1.29 is 0 Å². The van der Waals surface area contributed by atoms with Crippen molar-refractivity contribution in [3.8, 4) is 0 Å². The van der Waals surface area contributed by atoms with Crippen LogP contribution in [0.5, 0.6) is 0 Å². The summed E-state index contributed by atoms with van der Waals surface area (Å²) in [4.78, 5) is 2.55. The number of hydrogen-bond donors (Lipinski definition) is 0. The number of aryl methyl sites for hydroxylation is 1. The highest BCUT2D eigenvalue weighted by Crippen LogP contribution is 2.34. The molecule has 1 atom stereocenters. The van der Waals surface area contributed by atoms with Crippen molar-refractivity contribution in [2.24, 2.45) is 11.3 Å². The molecule has 3 nitrogen and oxygen atoms in total. The van der Waals surface area contributed by atoms with Crippen LogP contribution in [-0.2, 0) is 6.54 Å². The molecule has 1 aromatic heterocycles. The zero-order chi connectivity index (χ0) is 13.2. The largest absolute Gasteiger partial charge is 0.297 e. The summed E-state index contributed by atoms with van der Waals surface area (Å²) < 4.78 is 0. The highest BCUT2D eigenvalue weighted by atomic mass is 32.1. The highest BCUT2D eigenvalue weighted by molar-refractivity contribution is 7.11. The molecule has 1 aromatic rings. The van der Waals surface area contributed by atoms with Crippen molar-refractivity contribution in [1.82, 2.24) is 15.1 Å². The fraction of sp³-hybridized carbons (Fsp3) is 0.857. The molecule has 102 valence electrons. The first-order valence-electron chi connectivity index (χ1n) is 6.96. The summed E-state index contributed by atoms with van der Waals surface area (Å²) in [5.74, 6) is 0.860. The highest BCUT2D eigenvalue weighted by Gasteiger charge is 2.27. The molecule has 1 saturated heterocycles. The topological polar surface area (TPSA) is 29.0 Å². The molecule has 0 radical (unpaired) electrons. The van der Waals surface area contributed by atoms with Gasteiger partial charge in [-0.3, -0.25) is 4.90 Å². The summed E-state index contributed by atoms with van der Waals surface area (Å²) in [5, 5.41) is 10.6. The molecule has 2 rings (SSSR count). The molecule has 0 aromatic carbocycles. The number of nitrogens with zero attached hydrogens (tertiary/aromatic N) is 3. The van der Waals surface area contributed by atoms with Gasteiger partial charge >= 0.3 is 0 Å². The van der Waals surface area contributed by atoms with Crippen molar-refractivity contribution in [3.63, 3.8) is 0 Å². The van der Waals surface area contributed by atoms with E-state index in [2.05, 4.69) is 35.9 Å². The zero-order valence-corrected chi connectivity index (χ0v) is 12.9. The summed E-state index contributed by atoms with van der Waals surface area (Å²) in [6.45, 7) is 12.6. The van der Waals surface area contributed by atoms with E-state index >= 15 is 0 Å². The van der Waals surface area contributed by atoms with Gasteiger partial charge in [-0.2, -0.15) is 0 Å². The average molecular weight is 267 g/mol. The molecule has 0 bridgehead atoms. The van der Waals surface area contributed by atoms with Crippen LogP contribution in [0.2, 0.25) is 0 Å². The average Bonchev–Trinajstić information content (AvgIpc) is 2.53. The van der Waals surface area contributed by atoms with Crippen LogP contribution in [-0.4, -0.2) is 28.2 Å². The second-order valence-electron chi connectivity index (χ2n) is 6.48. The van der Waals surface area contributed by atoms with Crippen molar-refractivity contribution in [2.75, 3.05) is 13.1 Å². The Kier molecular flexibility index (Phi) is 4.38. The van der Waals surface area contributed by atoms with Crippen molar-refractivity contribution in [2.45, 2.75) is 53.5 Å². The summed E-state index contributed by atoms with van der Waals surface area (Å²) in [6, 6.07) is 0. The quantitative estimate of drug-likeness (QED) is 0.821. The van der Waals surface area contributed by atoms with E-state index in [1.165, 1.54) is 37.4 Å². The van der Waals surface area contributed by atoms with Crippen molar-refractivity contribution >= 4 is 11.3 Å². The van der Waals surface area contributed by atoms with Gasteiger partial charge in [-0.05, 0) is 50.6 Å². The third kappa shape index (κ3) is 3.75. The van der Waals surface area contributed by atoms with Crippen LogP contribution in [0.1, 0.15) is 50.0 Å². The molecule has 0 saturated carbocycles. The smallest absolute Gasteiger partial charge is 0.131 e. The van der Waals surface area contributed by atoms with E-state index in [-0.39, 0.29) is 0 Å². The predicted octanol–water partition coefficient (Wildman–Crippen LogP) is 3.49. The van der Waals surface area contributed by atoms with Crippen LogP contribution in [0.25, 0.3) is 0 Å². The van der Waals surface area contributed by atoms with Crippen LogP contribution in [0.4, 0.5) is 0 Å². The van der Waals surface area contributed by atoms with Crippen LogP contribution in [0.3, 0.4) is 0 Å². The Morgan fingerprint density at radius 1 is 1.22 bits per heavy atom. The minimum absolute atomic E-state index is 0.454. The third-order valence-electron chi connectivity index (χ3n) is 3.97. The van der Waals surface area contributed by atoms with Gasteiger partial charge < -0.3 is 0 Å².